The highest BCUT2D eigenvalue weighted by molar-refractivity contribution is 5.76. The molecule has 13 heavy (non-hydrogen) atoms. The number of fused-ring (bicyclic) bond motifs is 1. The van der Waals surface area contributed by atoms with Crippen LogP contribution in [0, 0.1) is 6.92 Å². The van der Waals surface area contributed by atoms with Gasteiger partial charge in [0.25, 0.3) is 0 Å². The van der Waals surface area contributed by atoms with Crippen LogP contribution in [-0.2, 0) is 6.42 Å². The molecule has 2 aromatic rings. The molecule has 0 saturated carbocycles. The van der Waals surface area contributed by atoms with Crippen LogP contribution in [0.25, 0.3) is 11.1 Å². The maximum absolute atomic E-state index is 10.9. The van der Waals surface area contributed by atoms with Crippen molar-refractivity contribution in [2.75, 3.05) is 0 Å². The van der Waals surface area contributed by atoms with Crippen LogP contribution < -0.4 is 5.76 Å². The number of hydrogen-bond donors (Lipinski definition) is 1. The van der Waals surface area contributed by atoms with Gasteiger partial charge in [-0.1, -0.05) is 13.0 Å². The summed E-state index contributed by atoms with van der Waals surface area (Å²) in [6.07, 6.45) is 0.874. The van der Waals surface area contributed by atoms with Crippen LogP contribution in [0.1, 0.15) is 18.1 Å². The number of aryl methyl sites for hydroxylation is 2. The topological polar surface area (TPSA) is 46.0 Å². The molecule has 0 unspecified atom stereocenters. The molecule has 1 aromatic carbocycles. The minimum atomic E-state index is -0.379. The summed E-state index contributed by atoms with van der Waals surface area (Å²) < 4.78 is 5.03. The van der Waals surface area contributed by atoms with E-state index in [1.54, 1.807) is 0 Å². The highest BCUT2D eigenvalue weighted by atomic mass is 16.4. The van der Waals surface area contributed by atoms with E-state index in [4.69, 9.17) is 4.42 Å². The van der Waals surface area contributed by atoms with Crippen molar-refractivity contribution in [3.05, 3.63) is 33.8 Å². The van der Waals surface area contributed by atoms with Crippen LogP contribution >= 0.6 is 0 Å². The fourth-order valence-electron chi connectivity index (χ4n) is 1.55. The molecule has 0 radical (unpaired) electrons. The van der Waals surface area contributed by atoms with Crippen molar-refractivity contribution in [3.8, 4) is 0 Å². The van der Waals surface area contributed by atoms with E-state index in [-0.39, 0.29) is 5.76 Å². The smallest absolute Gasteiger partial charge is 0.408 e. The Kier molecular flexibility index (Phi) is 1.72. The molecule has 0 saturated heterocycles. The van der Waals surface area contributed by atoms with Crippen LogP contribution in [0.4, 0.5) is 0 Å². The zero-order chi connectivity index (χ0) is 9.42. The van der Waals surface area contributed by atoms with Crippen molar-refractivity contribution in [1.82, 2.24) is 4.98 Å². The fourth-order valence-corrected chi connectivity index (χ4v) is 1.55. The van der Waals surface area contributed by atoms with E-state index in [2.05, 4.69) is 4.98 Å². The maximum atomic E-state index is 10.9. The van der Waals surface area contributed by atoms with Crippen molar-refractivity contribution in [2.45, 2.75) is 20.3 Å². The SMILES string of the molecule is CCc1cc(C)cc2[nH]c(=O)oc12. The molecule has 0 amide bonds. The van der Waals surface area contributed by atoms with Crippen LogP contribution in [0.15, 0.2) is 21.3 Å². The van der Waals surface area contributed by atoms with Crippen molar-refractivity contribution >= 4 is 11.1 Å². The first-order valence-electron chi connectivity index (χ1n) is 4.33. The monoisotopic (exact) mass is 177 g/mol. The molecule has 3 nitrogen and oxygen atoms in total. The number of aromatic nitrogens is 1. The largest absolute Gasteiger partial charge is 0.417 e. The average molecular weight is 177 g/mol. The van der Waals surface area contributed by atoms with Crippen LogP contribution in [-0.4, -0.2) is 4.98 Å². The Morgan fingerprint density at radius 2 is 2.23 bits per heavy atom. The van der Waals surface area contributed by atoms with Crippen molar-refractivity contribution in [2.24, 2.45) is 0 Å². The number of hydrogen-bond acceptors (Lipinski definition) is 2. The van der Waals surface area contributed by atoms with Crippen LogP contribution in [0.5, 0.6) is 0 Å². The molecule has 68 valence electrons. The van der Waals surface area contributed by atoms with Gasteiger partial charge in [0.2, 0.25) is 0 Å². The zero-order valence-electron chi connectivity index (χ0n) is 7.68. The van der Waals surface area contributed by atoms with Gasteiger partial charge in [-0.2, -0.15) is 0 Å². The van der Waals surface area contributed by atoms with Crippen LogP contribution in [0.2, 0.25) is 0 Å². The van der Waals surface area contributed by atoms with E-state index < -0.39 is 0 Å². The van der Waals surface area contributed by atoms with E-state index in [0.29, 0.717) is 5.58 Å². The molecule has 3 heteroatoms. The van der Waals surface area contributed by atoms with Gasteiger partial charge in [0.15, 0.2) is 5.58 Å². The fraction of sp³-hybridized carbons (Fsp3) is 0.300. The van der Waals surface area contributed by atoms with Gasteiger partial charge in [-0.3, -0.25) is 4.98 Å². The molecule has 1 N–H and O–H groups in total. The Morgan fingerprint density at radius 1 is 1.46 bits per heavy atom. The summed E-state index contributed by atoms with van der Waals surface area (Å²) >= 11 is 0. The second-order valence-corrected chi connectivity index (χ2v) is 3.17. The van der Waals surface area contributed by atoms with Gasteiger partial charge < -0.3 is 4.42 Å². The van der Waals surface area contributed by atoms with Gasteiger partial charge >= 0.3 is 5.76 Å². The summed E-state index contributed by atoms with van der Waals surface area (Å²) in [5.41, 5.74) is 3.70. The molecule has 1 aromatic heterocycles. The lowest BCUT2D eigenvalue weighted by atomic mass is 10.1. The highest BCUT2D eigenvalue weighted by Gasteiger charge is 2.05. The van der Waals surface area contributed by atoms with Gasteiger partial charge in [0.1, 0.15) is 0 Å². The van der Waals surface area contributed by atoms with E-state index in [1.807, 2.05) is 26.0 Å². The molecule has 0 spiro atoms. The summed E-state index contributed by atoms with van der Waals surface area (Å²) in [7, 11) is 0. The normalized spacial score (nSPS) is 10.9. The Bertz CT molecular complexity index is 493. The summed E-state index contributed by atoms with van der Waals surface area (Å²) in [6.45, 7) is 4.05. The molecule has 0 aliphatic rings. The van der Waals surface area contributed by atoms with E-state index >= 15 is 0 Å². The van der Waals surface area contributed by atoms with Gasteiger partial charge in [-0.25, -0.2) is 4.79 Å². The zero-order valence-corrected chi connectivity index (χ0v) is 7.68. The van der Waals surface area contributed by atoms with Crippen LogP contribution in [0.3, 0.4) is 0 Å². The average Bonchev–Trinajstić information content (AvgIpc) is 2.43. The van der Waals surface area contributed by atoms with Gasteiger partial charge in [-0.15, -0.1) is 0 Å². The third kappa shape index (κ3) is 1.26. The Balaban J connectivity index is 2.88. The van der Waals surface area contributed by atoms with Crippen molar-refractivity contribution < 1.29 is 4.42 Å². The number of H-pyrrole nitrogens is 1. The lowest BCUT2D eigenvalue weighted by molar-refractivity contribution is 0.552. The van der Waals surface area contributed by atoms with E-state index in [1.165, 1.54) is 0 Å². The summed E-state index contributed by atoms with van der Waals surface area (Å²) in [5, 5.41) is 0. The Morgan fingerprint density at radius 3 is 2.92 bits per heavy atom. The standard InChI is InChI=1S/C10H11NO2/c1-3-7-4-6(2)5-8-9(7)13-10(12)11-8/h4-5H,3H2,1-2H3,(H,11,12). The molecule has 0 aliphatic heterocycles. The predicted molar refractivity (Wildman–Crippen MR) is 50.9 cm³/mol. The first kappa shape index (κ1) is 8.10. The molecule has 0 atom stereocenters. The van der Waals surface area contributed by atoms with Crippen molar-refractivity contribution in [3.63, 3.8) is 0 Å². The summed E-state index contributed by atoms with van der Waals surface area (Å²) in [4.78, 5) is 13.6. The second-order valence-electron chi connectivity index (χ2n) is 3.17. The quantitative estimate of drug-likeness (QED) is 0.724. The number of oxazole rings is 1. The summed E-state index contributed by atoms with van der Waals surface area (Å²) in [6, 6.07) is 3.96. The number of rotatable bonds is 1. The van der Waals surface area contributed by atoms with Gasteiger partial charge in [0, 0.05) is 0 Å². The lowest BCUT2D eigenvalue weighted by Gasteiger charge is -1.98. The van der Waals surface area contributed by atoms with Gasteiger partial charge in [-0.05, 0) is 30.5 Å². The number of nitrogens with one attached hydrogen (secondary N) is 1. The number of aromatic amines is 1. The first-order chi connectivity index (χ1) is 6.20. The van der Waals surface area contributed by atoms with Gasteiger partial charge in [0.05, 0.1) is 5.52 Å². The van der Waals surface area contributed by atoms with Crippen molar-refractivity contribution in [1.29, 1.82) is 0 Å². The maximum Gasteiger partial charge on any atom is 0.417 e. The number of benzene rings is 1. The third-order valence-electron chi connectivity index (χ3n) is 2.12. The molecule has 0 fully saturated rings. The third-order valence-corrected chi connectivity index (χ3v) is 2.12. The summed E-state index contributed by atoms with van der Waals surface area (Å²) in [5.74, 6) is -0.379. The molecule has 2 rings (SSSR count). The second kappa shape index (κ2) is 2.76. The molecule has 1 heterocycles. The molecular weight excluding hydrogens is 166 g/mol. The Hall–Kier alpha value is -1.51. The lowest BCUT2D eigenvalue weighted by Crippen LogP contribution is -1.92. The molecular formula is C10H11NO2. The highest BCUT2D eigenvalue weighted by Crippen LogP contribution is 2.18. The first-order valence-corrected chi connectivity index (χ1v) is 4.33. The van der Waals surface area contributed by atoms with E-state index in [0.717, 1.165) is 23.1 Å². The Labute approximate surface area is 75.4 Å². The van der Waals surface area contributed by atoms with E-state index in [9.17, 15) is 4.79 Å². The molecule has 0 aliphatic carbocycles. The minimum Gasteiger partial charge on any atom is -0.408 e. The predicted octanol–water partition coefficient (Wildman–Crippen LogP) is 1.99. The minimum absolute atomic E-state index is 0.379. The molecule has 0 bridgehead atoms.